The first-order valence-electron chi connectivity index (χ1n) is 8.45. The number of anilines is 3. The Kier molecular flexibility index (Phi) is 3.92. The van der Waals surface area contributed by atoms with Gasteiger partial charge in [-0.3, -0.25) is 0 Å². The molecule has 4 rings (SSSR count). The molecular weight excluding hydrogens is 349 g/mol. The van der Waals surface area contributed by atoms with Gasteiger partial charge in [0.15, 0.2) is 11.6 Å². The van der Waals surface area contributed by atoms with Gasteiger partial charge in [-0.1, -0.05) is 0 Å². The highest BCUT2D eigenvalue weighted by Crippen LogP contribution is 2.38. The predicted molar refractivity (Wildman–Crippen MR) is 88.5 cm³/mol. The number of halogens is 3. The molecule has 0 saturated heterocycles. The molecule has 1 saturated carbocycles. The number of fused-ring (bicyclic) bond motifs is 5. The van der Waals surface area contributed by atoms with Crippen molar-refractivity contribution in [3.63, 3.8) is 0 Å². The summed E-state index contributed by atoms with van der Waals surface area (Å²) in [6.07, 6.45) is -1.32. The van der Waals surface area contributed by atoms with E-state index in [1.54, 1.807) is 11.7 Å². The molecule has 1 fully saturated rings. The smallest absolute Gasteiger partial charge is 0.421 e. The van der Waals surface area contributed by atoms with Crippen LogP contribution < -0.4 is 15.4 Å². The molecule has 1 aliphatic carbocycles. The molecule has 1 aliphatic heterocycles. The zero-order valence-electron chi connectivity index (χ0n) is 14.4. The lowest BCUT2D eigenvalue weighted by atomic mass is 10.1. The molecule has 2 N–H and O–H groups in total. The molecule has 2 atom stereocenters. The van der Waals surface area contributed by atoms with Gasteiger partial charge >= 0.3 is 6.18 Å². The van der Waals surface area contributed by atoms with Crippen LogP contribution in [0.5, 0.6) is 5.75 Å². The first-order valence-corrected chi connectivity index (χ1v) is 8.45. The van der Waals surface area contributed by atoms with E-state index in [-0.39, 0.29) is 23.7 Å². The summed E-state index contributed by atoms with van der Waals surface area (Å²) >= 11 is 0. The zero-order valence-corrected chi connectivity index (χ0v) is 14.4. The largest absolute Gasteiger partial charge is 0.488 e. The van der Waals surface area contributed by atoms with Gasteiger partial charge in [0.05, 0.1) is 6.61 Å². The molecule has 0 spiro atoms. The Hall–Kier alpha value is -2.52. The van der Waals surface area contributed by atoms with Gasteiger partial charge in [0.1, 0.15) is 17.1 Å². The molecule has 2 aromatic heterocycles. The van der Waals surface area contributed by atoms with Crippen LogP contribution >= 0.6 is 0 Å². The van der Waals surface area contributed by atoms with Crippen LogP contribution in [-0.2, 0) is 13.2 Å². The second-order valence-corrected chi connectivity index (χ2v) is 6.80. The molecule has 2 aromatic rings. The van der Waals surface area contributed by atoms with Gasteiger partial charge < -0.3 is 15.4 Å². The Balaban J connectivity index is 1.80. The molecule has 7 nitrogen and oxygen atoms in total. The van der Waals surface area contributed by atoms with E-state index in [0.29, 0.717) is 23.9 Å². The number of ether oxygens (including phenoxy) is 1. The summed E-state index contributed by atoms with van der Waals surface area (Å²) in [6.45, 7) is 2.32. The summed E-state index contributed by atoms with van der Waals surface area (Å²) in [5.41, 5.74) is -0.159. The van der Waals surface area contributed by atoms with Crippen LogP contribution in [0.1, 0.15) is 30.5 Å². The summed E-state index contributed by atoms with van der Waals surface area (Å²) in [5.74, 6) is 1.24. The van der Waals surface area contributed by atoms with Crippen molar-refractivity contribution < 1.29 is 17.9 Å². The van der Waals surface area contributed by atoms with Crippen molar-refractivity contribution in [2.45, 2.75) is 38.4 Å². The SMILES string of the molecule is Cc1nn(C)c2c1OC[C@@H]1CCC(C1)Nc1nc(ncc1C(F)(F)F)N2. The van der Waals surface area contributed by atoms with E-state index in [0.717, 1.165) is 25.5 Å². The standard InChI is InChI=1S/C16H19F3N6O/c1-8-12-14(25(2)24-8)23-15-20-6-11(16(17,18)19)13(22-15)21-10-4-3-9(5-10)7-26-12/h6,9-10H,3-5,7H2,1-2H3,(H2,20,21,22,23)/t9-,10?/m1/s1. The van der Waals surface area contributed by atoms with Crippen LogP contribution in [0.4, 0.5) is 30.8 Å². The first kappa shape index (κ1) is 16.9. The fourth-order valence-electron chi connectivity index (χ4n) is 3.57. The van der Waals surface area contributed by atoms with Crippen molar-refractivity contribution >= 4 is 17.6 Å². The Bertz CT molecular complexity index is 834. The summed E-state index contributed by atoms with van der Waals surface area (Å²) in [4.78, 5) is 7.92. The minimum absolute atomic E-state index is 0.0588. The topological polar surface area (TPSA) is 76.9 Å². The molecule has 4 bridgehead atoms. The maximum atomic E-state index is 13.3. The highest BCUT2D eigenvalue weighted by Gasteiger charge is 2.37. The Labute approximate surface area is 148 Å². The number of hydrogen-bond acceptors (Lipinski definition) is 6. The number of nitrogens with zero attached hydrogens (tertiary/aromatic N) is 4. The van der Waals surface area contributed by atoms with Crippen LogP contribution in [0.15, 0.2) is 6.20 Å². The van der Waals surface area contributed by atoms with Crippen LogP contribution in [0.25, 0.3) is 0 Å². The minimum atomic E-state index is -4.52. The molecule has 0 radical (unpaired) electrons. The second-order valence-electron chi connectivity index (χ2n) is 6.80. The minimum Gasteiger partial charge on any atom is -0.488 e. The predicted octanol–water partition coefficient (Wildman–Crippen LogP) is 3.25. The number of nitrogens with one attached hydrogen (secondary N) is 2. The highest BCUT2D eigenvalue weighted by molar-refractivity contribution is 5.61. The number of hydrogen-bond donors (Lipinski definition) is 2. The normalized spacial score (nSPS) is 22.3. The second kappa shape index (κ2) is 6.03. The van der Waals surface area contributed by atoms with E-state index in [1.165, 1.54) is 0 Å². The summed E-state index contributed by atoms with van der Waals surface area (Å²) in [7, 11) is 1.73. The van der Waals surface area contributed by atoms with E-state index >= 15 is 0 Å². The summed E-state index contributed by atoms with van der Waals surface area (Å²) in [5, 5.41) is 10.2. The Morgan fingerprint density at radius 2 is 2.12 bits per heavy atom. The molecule has 0 aromatic carbocycles. The van der Waals surface area contributed by atoms with Gasteiger partial charge in [0.2, 0.25) is 5.95 Å². The van der Waals surface area contributed by atoms with Crippen molar-refractivity contribution in [2.75, 3.05) is 17.2 Å². The van der Waals surface area contributed by atoms with E-state index in [9.17, 15) is 13.2 Å². The lowest BCUT2D eigenvalue weighted by molar-refractivity contribution is -0.137. The molecule has 1 unspecified atom stereocenters. The number of rotatable bonds is 0. The summed E-state index contributed by atoms with van der Waals surface area (Å²) < 4.78 is 47.5. The monoisotopic (exact) mass is 368 g/mol. The number of aryl methyl sites for hydroxylation is 2. The van der Waals surface area contributed by atoms with Gasteiger partial charge in [-0.15, -0.1) is 0 Å². The molecule has 2 aliphatic rings. The quantitative estimate of drug-likeness (QED) is 0.743. The lowest BCUT2D eigenvalue weighted by Crippen LogP contribution is -2.22. The van der Waals surface area contributed by atoms with Gasteiger partial charge in [0.25, 0.3) is 0 Å². The van der Waals surface area contributed by atoms with Crippen molar-refractivity contribution in [3.05, 3.63) is 17.5 Å². The first-order chi connectivity index (χ1) is 12.3. The number of alkyl halides is 3. The third kappa shape index (κ3) is 3.04. The third-order valence-electron chi connectivity index (χ3n) is 4.84. The molecule has 10 heteroatoms. The van der Waals surface area contributed by atoms with Crippen LogP contribution in [0.3, 0.4) is 0 Å². The molecule has 0 amide bonds. The van der Waals surface area contributed by atoms with Crippen molar-refractivity contribution in [1.29, 1.82) is 0 Å². The van der Waals surface area contributed by atoms with Crippen LogP contribution in [0.2, 0.25) is 0 Å². The third-order valence-corrected chi connectivity index (χ3v) is 4.84. The highest BCUT2D eigenvalue weighted by atomic mass is 19.4. The average Bonchev–Trinajstić information content (AvgIpc) is 3.09. The zero-order chi connectivity index (χ0) is 18.5. The maximum Gasteiger partial charge on any atom is 0.421 e. The summed E-state index contributed by atoms with van der Waals surface area (Å²) in [6, 6.07) is -0.0682. The van der Waals surface area contributed by atoms with Gasteiger partial charge in [-0.2, -0.15) is 23.3 Å². The van der Waals surface area contributed by atoms with Crippen LogP contribution in [-0.4, -0.2) is 32.4 Å². The van der Waals surface area contributed by atoms with E-state index in [1.807, 2.05) is 6.92 Å². The van der Waals surface area contributed by atoms with E-state index in [4.69, 9.17) is 4.74 Å². The van der Waals surface area contributed by atoms with E-state index < -0.39 is 11.7 Å². The average molecular weight is 368 g/mol. The molecule has 3 heterocycles. The lowest BCUT2D eigenvalue weighted by Gasteiger charge is -2.20. The maximum absolute atomic E-state index is 13.3. The number of aromatic nitrogens is 4. The molecular formula is C16H19F3N6O. The van der Waals surface area contributed by atoms with E-state index in [2.05, 4.69) is 25.7 Å². The molecule has 140 valence electrons. The molecule has 26 heavy (non-hydrogen) atoms. The van der Waals surface area contributed by atoms with Crippen molar-refractivity contribution in [3.8, 4) is 5.75 Å². The van der Waals surface area contributed by atoms with Gasteiger partial charge in [0, 0.05) is 19.3 Å². The van der Waals surface area contributed by atoms with Gasteiger partial charge in [-0.05, 0) is 32.1 Å². The van der Waals surface area contributed by atoms with Gasteiger partial charge in [-0.25, -0.2) is 9.67 Å². The van der Waals surface area contributed by atoms with Crippen LogP contribution in [0, 0.1) is 12.8 Å². The fraction of sp³-hybridized carbons (Fsp3) is 0.562. The Morgan fingerprint density at radius 3 is 2.88 bits per heavy atom. The van der Waals surface area contributed by atoms with Crippen molar-refractivity contribution in [1.82, 2.24) is 19.7 Å². The fourth-order valence-corrected chi connectivity index (χ4v) is 3.57. The van der Waals surface area contributed by atoms with Crippen molar-refractivity contribution in [2.24, 2.45) is 13.0 Å². The Morgan fingerprint density at radius 1 is 1.31 bits per heavy atom.